The van der Waals surface area contributed by atoms with Gasteiger partial charge in [-0.05, 0) is 44.4 Å². The second-order valence-corrected chi connectivity index (χ2v) is 7.73. The number of rotatable bonds is 8. The van der Waals surface area contributed by atoms with Crippen molar-refractivity contribution in [2.24, 2.45) is 5.92 Å². The number of hydrogen-bond donors (Lipinski definition) is 2. The molecule has 1 aliphatic rings. The molecule has 7 heteroatoms. The van der Waals surface area contributed by atoms with Gasteiger partial charge in [-0.1, -0.05) is 18.2 Å². The van der Waals surface area contributed by atoms with E-state index >= 15 is 0 Å². The third kappa shape index (κ3) is 5.49. The van der Waals surface area contributed by atoms with E-state index in [1.165, 1.54) is 0 Å². The summed E-state index contributed by atoms with van der Waals surface area (Å²) in [6, 6.07) is 8.77. The number of anilines is 1. The maximum absolute atomic E-state index is 12.7. The third-order valence-electron chi connectivity index (χ3n) is 4.24. The van der Waals surface area contributed by atoms with E-state index in [4.69, 9.17) is 0 Å². The highest BCUT2D eigenvalue weighted by atomic mass is 32.2. The van der Waals surface area contributed by atoms with Crippen molar-refractivity contribution in [2.75, 3.05) is 23.5 Å². The SMILES string of the molecule is CSCC[C@H](NC(=O)[C@H]1CC(=O)N(c2ccccc2)C1)C(=O)NC(C)C. The standard InChI is InChI=1S/C19H27N3O3S/c1-13(2)20-19(25)16(9-10-26-3)21-18(24)14-11-17(23)22(12-14)15-7-5-4-6-8-15/h4-8,13-14,16H,9-12H2,1-3H3,(H,20,25)(H,21,24)/t14-,16-/m0/s1. The van der Waals surface area contributed by atoms with Crippen LogP contribution in [0.1, 0.15) is 26.7 Å². The number of amides is 3. The van der Waals surface area contributed by atoms with Crippen molar-refractivity contribution in [3.63, 3.8) is 0 Å². The highest BCUT2D eigenvalue weighted by Gasteiger charge is 2.36. The normalized spacial score (nSPS) is 18.1. The fourth-order valence-electron chi connectivity index (χ4n) is 2.92. The monoisotopic (exact) mass is 377 g/mol. The van der Waals surface area contributed by atoms with E-state index in [1.54, 1.807) is 16.7 Å². The molecule has 0 spiro atoms. The quantitative estimate of drug-likeness (QED) is 0.724. The molecular formula is C19H27N3O3S. The molecule has 1 aromatic rings. The molecule has 1 heterocycles. The van der Waals surface area contributed by atoms with Gasteiger partial charge in [-0.15, -0.1) is 0 Å². The Morgan fingerprint density at radius 1 is 1.23 bits per heavy atom. The van der Waals surface area contributed by atoms with Crippen molar-refractivity contribution in [3.8, 4) is 0 Å². The summed E-state index contributed by atoms with van der Waals surface area (Å²) in [5, 5.41) is 5.70. The molecular weight excluding hydrogens is 350 g/mol. The second-order valence-electron chi connectivity index (χ2n) is 6.75. The molecule has 1 aromatic carbocycles. The molecule has 2 rings (SSSR count). The molecule has 0 radical (unpaired) electrons. The number of hydrogen-bond acceptors (Lipinski definition) is 4. The second kappa shape index (κ2) is 9.62. The summed E-state index contributed by atoms with van der Waals surface area (Å²) in [7, 11) is 0. The van der Waals surface area contributed by atoms with Crippen molar-refractivity contribution in [1.29, 1.82) is 0 Å². The van der Waals surface area contributed by atoms with Crippen LogP contribution < -0.4 is 15.5 Å². The number of carbonyl (C=O) groups is 3. The van der Waals surface area contributed by atoms with Crippen LogP contribution in [-0.4, -0.2) is 48.4 Å². The first-order valence-corrected chi connectivity index (χ1v) is 10.3. The van der Waals surface area contributed by atoms with Gasteiger partial charge in [0.25, 0.3) is 0 Å². The summed E-state index contributed by atoms with van der Waals surface area (Å²) in [5.41, 5.74) is 0.796. The van der Waals surface area contributed by atoms with Crippen LogP contribution in [0.25, 0.3) is 0 Å². The number of benzene rings is 1. The average molecular weight is 378 g/mol. The lowest BCUT2D eigenvalue weighted by atomic mass is 10.1. The Hall–Kier alpha value is -2.02. The van der Waals surface area contributed by atoms with Crippen molar-refractivity contribution in [3.05, 3.63) is 30.3 Å². The van der Waals surface area contributed by atoms with Crippen LogP contribution >= 0.6 is 11.8 Å². The van der Waals surface area contributed by atoms with Crippen LogP contribution in [0.3, 0.4) is 0 Å². The van der Waals surface area contributed by atoms with Gasteiger partial charge in [0.15, 0.2) is 0 Å². The van der Waals surface area contributed by atoms with Crippen LogP contribution in [0.15, 0.2) is 30.3 Å². The Bertz CT molecular complexity index is 636. The largest absolute Gasteiger partial charge is 0.352 e. The van der Waals surface area contributed by atoms with E-state index in [0.29, 0.717) is 13.0 Å². The molecule has 0 unspecified atom stereocenters. The zero-order valence-electron chi connectivity index (χ0n) is 15.5. The fourth-order valence-corrected chi connectivity index (χ4v) is 3.39. The Kier molecular flexibility index (Phi) is 7.50. The van der Waals surface area contributed by atoms with Crippen LogP contribution in [0.5, 0.6) is 0 Å². The zero-order chi connectivity index (χ0) is 19.1. The molecule has 3 amide bonds. The van der Waals surface area contributed by atoms with Gasteiger partial charge in [-0.3, -0.25) is 14.4 Å². The maximum Gasteiger partial charge on any atom is 0.242 e. The number of thioether (sulfide) groups is 1. The summed E-state index contributed by atoms with van der Waals surface area (Å²) >= 11 is 1.63. The number of nitrogens with zero attached hydrogens (tertiary/aromatic N) is 1. The minimum atomic E-state index is -0.571. The van der Waals surface area contributed by atoms with Crippen LogP contribution in [0.4, 0.5) is 5.69 Å². The Morgan fingerprint density at radius 3 is 2.54 bits per heavy atom. The molecule has 1 fully saturated rings. The molecule has 2 atom stereocenters. The molecule has 0 saturated carbocycles. The number of carbonyl (C=O) groups excluding carboxylic acids is 3. The molecule has 0 bridgehead atoms. The van der Waals surface area contributed by atoms with Crippen molar-refractivity contribution >= 4 is 35.2 Å². The first kappa shape index (κ1) is 20.3. The summed E-state index contributed by atoms with van der Waals surface area (Å²) in [6.07, 6.45) is 2.70. The molecule has 1 aliphatic heterocycles. The molecule has 26 heavy (non-hydrogen) atoms. The maximum atomic E-state index is 12.7. The molecule has 142 valence electrons. The van der Waals surface area contributed by atoms with Gasteiger partial charge in [-0.25, -0.2) is 0 Å². The minimum Gasteiger partial charge on any atom is -0.352 e. The predicted octanol–water partition coefficient (Wildman–Crippen LogP) is 1.80. The van der Waals surface area contributed by atoms with Crippen LogP contribution in [0.2, 0.25) is 0 Å². The lowest BCUT2D eigenvalue weighted by Crippen LogP contribution is -2.50. The number of para-hydroxylation sites is 1. The van der Waals surface area contributed by atoms with Gasteiger partial charge in [0.2, 0.25) is 17.7 Å². The van der Waals surface area contributed by atoms with Crippen molar-refractivity contribution in [2.45, 2.75) is 38.8 Å². The Morgan fingerprint density at radius 2 is 1.92 bits per heavy atom. The van der Waals surface area contributed by atoms with E-state index < -0.39 is 12.0 Å². The fraction of sp³-hybridized carbons (Fsp3) is 0.526. The Balaban J connectivity index is 2.00. The van der Waals surface area contributed by atoms with Crippen LogP contribution in [0, 0.1) is 5.92 Å². The molecule has 0 aromatic heterocycles. The predicted molar refractivity (Wildman–Crippen MR) is 105 cm³/mol. The topological polar surface area (TPSA) is 78.5 Å². The van der Waals surface area contributed by atoms with Gasteiger partial charge in [0, 0.05) is 24.7 Å². The minimum absolute atomic E-state index is 0.0119. The first-order valence-electron chi connectivity index (χ1n) is 8.87. The highest BCUT2D eigenvalue weighted by Crippen LogP contribution is 2.25. The van der Waals surface area contributed by atoms with Crippen molar-refractivity contribution < 1.29 is 14.4 Å². The summed E-state index contributed by atoms with van der Waals surface area (Å²) < 4.78 is 0. The third-order valence-corrected chi connectivity index (χ3v) is 4.88. The van der Waals surface area contributed by atoms with E-state index in [2.05, 4.69) is 10.6 Å². The summed E-state index contributed by atoms with van der Waals surface area (Å²) in [5.74, 6) is -0.140. The number of nitrogens with one attached hydrogen (secondary N) is 2. The van der Waals surface area contributed by atoms with Gasteiger partial charge < -0.3 is 15.5 Å². The average Bonchev–Trinajstić information content (AvgIpc) is 3.00. The molecule has 2 N–H and O–H groups in total. The van der Waals surface area contributed by atoms with Gasteiger partial charge in [-0.2, -0.15) is 11.8 Å². The van der Waals surface area contributed by atoms with Gasteiger partial charge in [0.1, 0.15) is 6.04 Å². The lowest BCUT2D eigenvalue weighted by Gasteiger charge is -2.21. The summed E-state index contributed by atoms with van der Waals surface area (Å²) in [6.45, 7) is 4.12. The van der Waals surface area contributed by atoms with Crippen molar-refractivity contribution in [1.82, 2.24) is 10.6 Å². The lowest BCUT2D eigenvalue weighted by molar-refractivity contribution is -0.131. The molecule has 1 saturated heterocycles. The van der Waals surface area contributed by atoms with E-state index in [9.17, 15) is 14.4 Å². The first-order chi connectivity index (χ1) is 12.4. The van der Waals surface area contributed by atoms with Crippen LogP contribution in [-0.2, 0) is 14.4 Å². The molecule has 0 aliphatic carbocycles. The van der Waals surface area contributed by atoms with Gasteiger partial charge >= 0.3 is 0 Å². The van der Waals surface area contributed by atoms with E-state index in [1.807, 2.05) is 50.4 Å². The van der Waals surface area contributed by atoms with Gasteiger partial charge in [0.05, 0.1) is 5.92 Å². The van der Waals surface area contributed by atoms with E-state index in [0.717, 1.165) is 11.4 Å². The van der Waals surface area contributed by atoms with E-state index in [-0.39, 0.29) is 30.2 Å². The molecule has 6 nitrogen and oxygen atoms in total. The Labute approximate surface area is 159 Å². The zero-order valence-corrected chi connectivity index (χ0v) is 16.3. The smallest absolute Gasteiger partial charge is 0.242 e. The summed E-state index contributed by atoms with van der Waals surface area (Å²) in [4.78, 5) is 38.9. The highest BCUT2D eigenvalue weighted by molar-refractivity contribution is 7.98.